The third-order valence-electron chi connectivity index (χ3n) is 3.94. The number of alkyl halides is 1. The van der Waals surface area contributed by atoms with Gasteiger partial charge >= 0.3 is 7.12 Å². The summed E-state index contributed by atoms with van der Waals surface area (Å²) in [6.45, 7) is 7.33. The third-order valence-corrected chi connectivity index (χ3v) is 4.42. The third kappa shape index (κ3) is 1.85. The summed E-state index contributed by atoms with van der Waals surface area (Å²) in [5, 5.41) is 9.56. The molecule has 0 saturated carbocycles. The number of hydrogen-bond donors (Lipinski definition) is 1. The van der Waals surface area contributed by atoms with Gasteiger partial charge in [0.25, 0.3) is 0 Å². The Bertz CT molecular complexity index is 406. The number of hydrogen-bond acceptors (Lipinski definition) is 3. The van der Waals surface area contributed by atoms with Crippen molar-refractivity contribution < 1.29 is 18.8 Å². The molecule has 18 heavy (non-hydrogen) atoms. The van der Waals surface area contributed by atoms with Crippen molar-refractivity contribution in [1.29, 1.82) is 0 Å². The van der Waals surface area contributed by atoms with Gasteiger partial charge < -0.3 is 14.4 Å². The van der Waals surface area contributed by atoms with Crippen LogP contribution in [0.1, 0.15) is 27.7 Å². The molecule has 1 saturated heterocycles. The summed E-state index contributed by atoms with van der Waals surface area (Å²) in [6, 6.07) is 0. The summed E-state index contributed by atoms with van der Waals surface area (Å²) in [5.41, 5.74) is -3.28. The second kappa shape index (κ2) is 4.07. The summed E-state index contributed by atoms with van der Waals surface area (Å²) in [6.07, 6.45) is 4.15. The molecule has 0 aromatic heterocycles. The molecule has 2 rings (SSSR count). The Hall–Kier alpha value is -0.355. The van der Waals surface area contributed by atoms with Crippen molar-refractivity contribution in [1.82, 2.24) is 0 Å². The minimum Gasteiger partial charge on any atom is -0.401 e. The number of allylic oxidation sites excluding steroid dienone is 2. The Labute approximate surface area is 112 Å². The summed E-state index contributed by atoms with van der Waals surface area (Å²) in [7, 11) is -1.13. The van der Waals surface area contributed by atoms with Crippen LogP contribution >= 0.6 is 11.6 Å². The Morgan fingerprint density at radius 3 is 2.22 bits per heavy atom. The van der Waals surface area contributed by atoms with Crippen LogP contribution < -0.4 is 0 Å². The van der Waals surface area contributed by atoms with Gasteiger partial charge in [-0.3, -0.25) is 0 Å². The SMILES string of the molecule is CC1(C)OB(C2(O)C(F)=CC=CC2Cl)OC1(C)C. The first-order valence-electron chi connectivity index (χ1n) is 5.88. The molecule has 1 fully saturated rings. The van der Waals surface area contributed by atoms with Crippen LogP contribution in [0.2, 0.25) is 0 Å². The predicted molar refractivity (Wildman–Crippen MR) is 69.0 cm³/mol. The summed E-state index contributed by atoms with van der Waals surface area (Å²) >= 11 is 6.01. The lowest BCUT2D eigenvalue weighted by Gasteiger charge is -2.32. The Morgan fingerprint density at radius 1 is 1.28 bits per heavy atom. The standard InChI is InChI=1S/C12H17BClFO3/c1-10(2)11(3,4)18-13(17-10)12(16)8(14)6-5-7-9(12)15/h5-8,16H,1-4H3. The molecule has 1 N–H and O–H groups in total. The van der Waals surface area contributed by atoms with Gasteiger partial charge in [-0.1, -0.05) is 12.2 Å². The van der Waals surface area contributed by atoms with Crippen molar-refractivity contribution in [2.45, 2.75) is 49.8 Å². The van der Waals surface area contributed by atoms with E-state index in [1.54, 1.807) is 0 Å². The molecule has 1 aliphatic carbocycles. The summed E-state index contributed by atoms with van der Waals surface area (Å²) in [5.74, 6) is -0.747. The minimum atomic E-state index is -1.98. The quantitative estimate of drug-likeness (QED) is 0.589. The number of halogens is 2. The molecule has 2 unspecified atom stereocenters. The molecule has 0 amide bonds. The lowest BCUT2D eigenvalue weighted by molar-refractivity contribution is 0.00578. The van der Waals surface area contributed by atoms with E-state index >= 15 is 0 Å². The van der Waals surface area contributed by atoms with Gasteiger partial charge in [-0.2, -0.15) is 0 Å². The van der Waals surface area contributed by atoms with Crippen molar-refractivity contribution in [2.75, 3.05) is 0 Å². The monoisotopic (exact) mass is 274 g/mol. The summed E-state index contributed by atoms with van der Waals surface area (Å²) in [4.78, 5) is 0. The van der Waals surface area contributed by atoms with E-state index in [1.165, 1.54) is 18.2 Å². The van der Waals surface area contributed by atoms with Crippen LogP contribution in [0.15, 0.2) is 24.1 Å². The number of rotatable bonds is 1. The fourth-order valence-electron chi connectivity index (χ4n) is 1.91. The average molecular weight is 275 g/mol. The highest BCUT2D eigenvalue weighted by Gasteiger charge is 2.63. The zero-order chi connectivity index (χ0) is 13.8. The molecular formula is C12H17BClFO3. The maximum absolute atomic E-state index is 14.0. The first-order valence-corrected chi connectivity index (χ1v) is 6.31. The van der Waals surface area contributed by atoms with Crippen molar-refractivity contribution in [3.63, 3.8) is 0 Å². The molecule has 100 valence electrons. The molecule has 3 nitrogen and oxygen atoms in total. The fourth-order valence-corrected chi connectivity index (χ4v) is 2.21. The second-order valence-corrected chi connectivity index (χ2v) is 6.19. The highest BCUT2D eigenvalue weighted by Crippen LogP contribution is 2.44. The van der Waals surface area contributed by atoms with Crippen LogP contribution in [0.25, 0.3) is 0 Å². The minimum absolute atomic E-state index is 0.647. The smallest absolute Gasteiger partial charge is 0.401 e. The molecule has 0 radical (unpaired) electrons. The number of aliphatic hydroxyl groups is 1. The Morgan fingerprint density at radius 2 is 1.78 bits per heavy atom. The first kappa shape index (κ1) is 14.1. The van der Waals surface area contributed by atoms with Gasteiger partial charge in [0.15, 0.2) is 5.50 Å². The van der Waals surface area contributed by atoms with Crippen molar-refractivity contribution in [2.24, 2.45) is 0 Å². The van der Waals surface area contributed by atoms with Crippen molar-refractivity contribution in [3.8, 4) is 0 Å². The van der Waals surface area contributed by atoms with Crippen LogP contribution in [-0.4, -0.2) is 34.3 Å². The van der Waals surface area contributed by atoms with Crippen LogP contribution in [0.5, 0.6) is 0 Å². The molecular weight excluding hydrogens is 257 g/mol. The Kier molecular flexibility index (Phi) is 3.18. The second-order valence-electron chi connectivity index (χ2n) is 5.71. The molecule has 0 aromatic rings. The lowest BCUT2D eigenvalue weighted by atomic mass is 9.63. The average Bonchev–Trinajstić information content (AvgIpc) is 2.45. The van der Waals surface area contributed by atoms with Gasteiger partial charge in [0.2, 0.25) is 0 Å². The van der Waals surface area contributed by atoms with Gasteiger partial charge in [-0.25, -0.2) is 4.39 Å². The summed E-state index contributed by atoms with van der Waals surface area (Å²) < 4.78 is 25.3. The Balaban J connectivity index is 2.34. The molecule has 0 aromatic carbocycles. The zero-order valence-corrected chi connectivity index (χ0v) is 11.7. The molecule has 0 bridgehead atoms. The van der Waals surface area contributed by atoms with E-state index in [9.17, 15) is 9.50 Å². The molecule has 2 aliphatic rings. The fraction of sp³-hybridized carbons (Fsp3) is 0.667. The van der Waals surface area contributed by atoms with Crippen LogP contribution in [0, 0.1) is 0 Å². The van der Waals surface area contributed by atoms with E-state index in [1.807, 2.05) is 27.7 Å². The van der Waals surface area contributed by atoms with Crippen LogP contribution in [0.3, 0.4) is 0 Å². The zero-order valence-electron chi connectivity index (χ0n) is 10.9. The van der Waals surface area contributed by atoms with E-state index in [0.717, 1.165) is 0 Å². The van der Waals surface area contributed by atoms with Crippen LogP contribution in [-0.2, 0) is 9.31 Å². The molecule has 0 spiro atoms. The largest absolute Gasteiger partial charge is 0.501 e. The molecule has 1 aliphatic heterocycles. The molecule has 1 heterocycles. The van der Waals surface area contributed by atoms with E-state index in [0.29, 0.717) is 0 Å². The van der Waals surface area contributed by atoms with Gasteiger partial charge in [-0.15, -0.1) is 11.6 Å². The highest BCUT2D eigenvalue weighted by atomic mass is 35.5. The van der Waals surface area contributed by atoms with Crippen molar-refractivity contribution in [3.05, 3.63) is 24.1 Å². The van der Waals surface area contributed by atoms with Gasteiger partial charge in [0, 0.05) is 0 Å². The van der Waals surface area contributed by atoms with E-state index < -0.39 is 35.0 Å². The van der Waals surface area contributed by atoms with Crippen LogP contribution in [0.4, 0.5) is 4.39 Å². The maximum atomic E-state index is 14.0. The van der Waals surface area contributed by atoms with Gasteiger partial charge in [0.05, 0.1) is 16.6 Å². The topological polar surface area (TPSA) is 38.7 Å². The lowest BCUT2D eigenvalue weighted by Crippen LogP contribution is -2.55. The van der Waals surface area contributed by atoms with Crippen molar-refractivity contribution >= 4 is 18.7 Å². The highest BCUT2D eigenvalue weighted by molar-refractivity contribution is 6.53. The normalized spacial score (nSPS) is 37.8. The van der Waals surface area contributed by atoms with Gasteiger partial charge in [0.1, 0.15) is 5.83 Å². The predicted octanol–water partition coefficient (Wildman–Crippen LogP) is 2.38. The van der Waals surface area contributed by atoms with E-state index in [4.69, 9.17) is 20.9 Å². The van der Waals surface area contributed by atoms with Gasteiger partial charge in [-0.05, 0) is 33.8 Å². The molecule has 2 atom stereocenters. The maximum Gasteiger partial charge on any atom is 0.501 e. The van der Waals surface area contributed by atoms with E-state index in [-0.39, 0.29) is 0 Å². The molecule has 6 heteroatoms. The first-order chi connectivity index (χ1) is 8.11. The van der Waals surface area contributed by atoms with E-state index in [2.05, 4.69) is 0 Å².